The van der Waals surface area contributed by atoms with Crippen LogP contribution in [0.4, 0.5) is 9.18 Å². The van der Waals surface area contributed by atoms with Crippen molar-refractivity contribution >= 4 is 31.4 Å². The molecule has 0 aliphatic carbocycles. The number of carbonyl (C=O) groups is 2. The molecule has 13 nitrogen and oxygen atoms in total. The molecule has 1 aromatic heterocycles. The fraction of sp³-hybridized carbons (Fsp3) is 0.500. The molecule has 2 heterocycles. The van der Waals surface area contributed by atoms with Gasteiger partial charge in [0.2, 0.25) is 5.88 Å². The molecule has 1 aliphatic heterocycles. The van der Waals surface area contributed by atoms with Gasteiger partial charge in [0.15, 0.2) is 27.1 Å². The Hall–Kier alpha value is -4.15. The zero-order valence-electron chi connectivity index (χ0n) is 30.5. The number of ether oxygens (including phenoxy) is 6. The van der Waals surface area contributed by atoms with E-state index in [0.29, 0.717) is 23.4 Å². The van der Waals surface area contributed by atoms with Crippen LogP contribution in [0, 0.1) is 5.82 Å². The number of amides is 2. The van der Waals surface area contributed by atoms with Gasteiger partial charge in [-0.05, 0) is 67.2 Å². The number of hydrazine groups is 1. The molecule has 2 amide bonds. The third kappa shape index (κ3) is 10.2. The molecule has 1 atom stereocenters. The van der Waals surface area contributed by atoms with Gasteiger partial charge in [-0.15, -0.1) is 0 Å². The molecular weight excluding hydrogens is 679 g/mol. The van der Waals surface area contributed by atoms with E-state index in [1.54, 1.807) is 12.1 Å². The minimum absolute atomic E-state index is 0.0168. The molecule has 1 saturated heterocycles. The van der Waals surface area contributed by atoms with Crippen molar-refractivity contribution in [2.75, 3.05) is 47.4 Å². The molecule has 4 rings (SSSR count). The summed E-state index contributed by atoms with van der Waals surface area (Å²) in [7, 11) is 0.681. The van der Waals surface area contributed by atoms with Crippen LogP contribution in [0.15, 0.2) is 43.0 Å². The van der Waals surface area contributed by atoms with Crippen molar-refractivity contribution in [3.63, 3.8) is 0 Å². The van der Waals surface area contributed by atoms with Crippen molar-refractivity contribution in [1.29, 1.82) is 0 Å². The van der Waals surface area contributed by atoms with Crippen molar-refractivity contribution in [3.8, 4) is 22.9 Å². The lowest BCUT2D eigenvalue weighted by Gasteiger charge is -2.36. The SMILES string of the molecule is C=CCOC(=O)NN(CCO[Si](C)(C)C(C)(C)C)C(=O)c1cccc(-c2nc3c(OCOC)cc(COC4CCCCO4)cc3nc2OC)c1F. The largest absolute Gasteiger partial charge is 0.479 e. The van der Waals surface area contributed by atoms with Crippen LogP contribution in [0.5, 0.6) is 11.6 Å². The number of fused-ring (bicyclic) bond motifs is 1. The summed E-state index contributed by atoms with van der Waals surface area (Å²) in [6.45, 7) is 14.7. The molecule has 1 unspecified atom stereocenters. The summed E-state index contributed by atoms with van der Waals surface area (Å²) in [5.41, 5.74) is 3.54. The van der Waals surface area contributed by atoms with E-state index in [-0.39, 0.29) is 67.2 Å². The van der Waals surface area contributed by atoms with E-state index in [1.165, 1.54) is 38.5 Å². The highest BCUT2D eigenvalue weighted by atomic mass is 28.4. The Labute approximate surface area is 299 Å². The van der Waals surface area contributed by atoms with Crippen molar-refractivity contribution in [2.45, 2.75) is 71.1 Å². The van der Waals surface area contributed by atoms with E-state index in [4.69, 9.17) is 37.8 Å². The van der Waals surface area contributed by atoms with Gasteiger partial charge in [0.25, 0.3) is 5.91 Å². The number of benzene rings is 2. The number of aromatic nitrogens is 2. The summed E-state index contributed by atoms with van der Waals surface area (Å²) < 4.78 is 56.0. The van der Waals surface area contributed by atoms with E-state index >= 15 is 4.39 Å². The molecule has 51 heavy (non-hydrogen) atoms. The molecule has 1 fully saturated rings. The summed E-state index contributed by atoms with van der Waals surface area (Å²) in [4.78, 5) is 35.8. The van der Waals surface area contributed by atoms with Crippen LogP contribution in [0.3, 0.4) is 0 Å². The average molecular weight is 729 g/mol. The lowest BCUT2D eigenvalue weighted by atomic mass is 10.1. The normalized spacial score (nSPS) is 14.9. The summed E-state index contributed by atoms with van der Waals surface area (Å²) in [6.07, 6.45) is 3.03. The van der Waals surface area contributed by atoms with E-state index in [2.05, 4.69) is 50.9 Å². The number of hydrogen-bond acceptors (Lipinski definition) is 11. The summed E-state index contributed by atoms with van der Waals surface area (Å²) in [6, 6.07) is 7.83. The third-order valence-electron chi connectivity index (χ3n) is 8.73. The highest BCUT2D eigenvalue weighted by Crippen LogP contribution is 2.37. The predicted molar refractivity (Wildman–Crippen MR) is 191 cm³/mol. The lowest BCUT2D eigenvalue weighted by molar-refractivity contribution is -0.168. The topological polar surface area (TPSA) is 140 Å². The van der Waals surface area contributed by atoms with Crippen molar-refractivity contribution < 1.29 is 46.8 Å². The number of methoxy groups -OCH3 is 2. The number of rotatable bonds is 15. The minimum atomic E-state index is -2.20. The molecule has 0 bridgehead atoms. The van der Waals surface area contributed by atoms with Crippen LogP contribution in [-0.4, -0.2) is 89.0 Å². The Kier molecular flexibility index (Phi) is 13.9. The van der Waals surface area contributed by atoms with Gasteiger partial charge < -0.3 is 32.8 Å². The van der Waals surface area contributed by atoms with E-state index in [0.717, 1.165) is 29.8 Å². The third-order valence-corrected chi connectivity index (χ3v) is 13.3. The second-order valence-electron chi connectivity index (χ2n) is 13.4. The predicted octanol–water partition coefficient (Wildman–Crippen LogP) is 6.76. The molecule has 1 aliphatic rings. The Bertz CT molecular complexity index is 1680. The Morgan fingerprint density at radius 2 is 1.96 bits per heavy atom. The van der Waals surface area contributed by atoms with Gasteiger partial charge in [-0.3, -0.25) is 4.79 Å². The van der Waals surface area contributed by atoms with Crippen molar-refractivity contribution in [2.24, 2.45) is 0 Å². The number of nitrogens with zero attached hydrogens (tertiary/aromatic N) is 3. The van der Waals surface area contributed by atoms with Crippen molar-refractivity contribution in [3.05, 3.63) is 59.9 Å². The molecule has 15 heteroatoms. The quantitative estimate of drug-likeness (QED) is 0.0768. The van der Waals surface area contributed by atoms with Crippen LogP contribution in [0.2, 0.25) is 18.1 Å². The van der Waals surface area contributed by atoms with Gasteiger partial charge in [-0.25, -0.2) is 29.6 Å². The van der Waals surface area contributed by atoms with Gasteiger partial charge >= 0.3 is 6.09 Å². The van der Waals surface area contributed by atoms with Crippen LogP contribution in [0.25, 0.3) is 22.3 Å². The lowest BCUT2D eigenvalue weighted by Crippen LogP contribution is -2.50. The maximum absolute atomic E-state index is 16.5. The zero-order chi connectivity index (χ0) is 37.2. The molecular formula is C36H49FN4O9Si. The number of hydrogen-bond donors (Lipinski definition) is 1. The number of carbonyl (C=O) groups excluding carboxylic acids is 2. The molecule has 0 radical (unpaired) electrons. The van der Waals surface area contributed by atoms with Gasteiger partial charge in [0.05, 0.1) is 37.9 Å². The Balaban J connectivity index is 1.69. The van der Waals surface area contributed by atoms with Gasteiger partial charge in [-0.2, -0.15) is 0 Å². The summed E-state index contributed by atoms with van der Waals surface area (Å²) >= 11 is 0. The first-order chi connectivity index (χ1) is 24.3. The highest BCUT2D eigenvalue weighted by Gasteiger charge is 2.37. The maximum Gasteiger partial charge on any atom is 0.426 e. The van der Waals surface area contributed by atoms with Crippen LogP contribution < -0.4 is 14.9 Å². The summed E-state index contributed by atoms with van der Waals surface area (Å²) in [5.74, 6) is -1.38. The van der Waals surface area contributed by atoms with Gasteiger partial charge in [0.1, 0.15) is 23.6 Å². The molecule has 2 aromatic carbocycles. The van der Waals surface area contributed by atoms with Gasteiger partial charge in [-0.1, -0.05) is 39.5 Å². The standard InChI is InChI=1S/C36H49FN4O9Si/c1-9-17-47-35(43)40-41(16-19-50-51(7,8)36(2,3)4)34(42)26-14-12-13-25(30(26)37)31-33(45-6)38-27-20-24(22-48-29-15-10-11-18-46-29)21-28(32(27)39-31)49-23-44-5/h9,12-14,20-21,29H,1,10-11,15-19,22-23H2,2-8H3,(H,40,43). The van der Waals surface area contributed by atoms with E-state index in [9.17, 15) is 9.59 Å². The first kappa shape index (κ1) is 39.6. The Morgan fingerprint density at radius 3 is 2.63 bits per heavy atom. The molecule has 278 valence electrons. The molecule has 3 aromatic rings. The molecule has 1 N–H and O–H groups in total. The molecule has 0 spiro atoms. The van der Waals surface area contributed by atoms with E-state index < -0.39 is 26.1 Å². The van der Waals surface area contributed by atoms with Crippen LogP contribution >= 0.6 is 0 Å². The number of halogens is 1. The van der Waals surface area contributed by atoms with E-state index in [1.807, 2.05) is 0 Å². The first-order valence-electron chi connectivity index (χ1n) is 16.8. The fourth-order valence-electron chi connectivity index (χ4n) is 4.95. The van der Waals surface area contributed by atoms with Gasteiger partial charge in [0, 0.05) is 19.3 Å². The molecule has 0 saturated carbocycles. The average Bonchev–Trinajstić information content (AvgIpc) is 3.10. The van der Waals surface area contributed by atoms with Crippen molar-refractivity contribution in [1.82, 2.24) is 20.4 Å². The fourth-order valence-corrected chi connectivity index (χ4v) is 5.99. The highest BCUT2D eigenvalue weighted by molar-refractivity contribution is 6.74. The maximum atomic E-state index is 16.5. The monoisotopic (exact) mass is 728 g/mol. The van der Waals surface area contributed by atoms with Crippen LogP contribution in [-0.2, 0) is 30.0 Å². The minimum Gasteiger partial charge on any atom is -0.479 e. The second kappa shape index (κ2) is 17.9. The smallest absolute Gasteiger partial charge is 0.426 e. The zero-order valence-corrected chi connectivity index (χ0v) is 31.5. The van der Waals surface area contributed by atoms with Crippen LogP contribution in [0.1, 0.15) is 56.0 Å². The second-order valence-corrected chi connectivity index (χ2v) is 18.2. The first-order valence-corrected chi connectivity index (χ1v) is 19.7. The number of nitrogens with one attached hydrogen (secondary N) is 1. The summed E-state index contributed by atoms with van der Waals surface area (Å²) in [5, 5.41) is 0.884. The Morgan fingerprint density at radius 1 is 1.18 bits per heavy atom.